The van der Waals surface area contributed by atoms with Crippen molar-refractivity contribution in [2.24, 2.45) is 0 Å². The van der Waals surface area contributed by atoms with E-state index in [1.807, 2.05) is 6.07 Å². The van der Waals surface area contributed by atoms with Crippen molar-refractivity contribution in [3.8, 4) is 6.07 Å². The molecule has 0 bridgehead atoms. The van der Waals surface area contributed by atoms with Gasteiger partial charge in [0.2, 0.25) is 5.91 Å². The van der Waals surface area contributed by atoms with Crippen LogP contribution in [0.3, 0.4) is 0 Å². The van der Waals surface area contributed by atoms with Crippen molar-refractivity contribution in [2.45, 2.75) is 25.3 Å². The predicted octanol–water partition coefficient (Wildman–Crippen LogP) is 3.18. The second-order valence-corrected chi connectivity index (χ2v) is 5.73. The average molecular weight is 342 g/mol. The summed E-state index contributed by atoms with van der Waals surface area (Å²) in [6.07, 6.45) is 1.54. The number of hydrogen-bond acceptors (Lipinski definition) is 4. The molecule has 0 radical (unpaired) electrons. The number of hydrogen-bond donors (Lipinski definition) is 1. The van der Waals surface area contributed by atoms with Crippen LogP contribution in [0.5, 0.6) is 0 Å². The molecule has 24 heavy (non-hydrogen) atoms. The molecule has 2 aromatic rings. The first-order valence-corrected chi connectivity index (χ1v) is 7.75. The maximum atomic E-state index is 12.6. The Bertz CT molecular complexity index is 754. The molecule has 0 aliphatic rings. The van der Waals surface area contributed by atoms with Crippen molar-refractivity contribution < 1.29 is 9.59 Å². The van der Waals surface area contributed by atoms with Gasteiger partial charge >= 0.3 is 0 Å². The van der Waals surface area contributed by atoms with Gasteiger partial charge in [0, 0.05) is 24.6 Å². The van der Waals surface area contributed by atoms with Crippen LogP contribution in [0.1, 0.15) is 36.6 Å². The molecule has 0 fully saturated rings. The van der Waals surface area contributed by atoms with Crippen LogP contribution in [0, 0.1) is 11.3 Å². The fourth-order valence-corrected chi connectivity index (χ4v) is 2.49. The molecular weight excluding hydrogens is 326 g/mol. The smallest absolute Gasteiger partial charge is 0.217 e. The van der Waals surface area contributed by atoms with Crippen molar-refractivity contribution >= 4 is 23.3 Å². The molecule has 2 rings (SSSR count). The van der Waals surface area contributed by atoms with Crippen LogP contribution < -0.4 is 5.32 Å². The number of pyridine rings is 1. The highest BCUT2D eigenvalue weighted by atomic mass is 35.5. The molecule has 1 heterocycles. The SMILES string of the molecule is CC(=O)N[C@@H](CC(=O)[C@@H](C#N)c1ccccn1)c1ccc(Cl)cc1. The van der Waals surface area contributed by atoms with Crippen molar-refractivity contribution in [2.75, 3.05) is 0 Å². The summed E-state index contributed by atoms with van der Waals surface area (Å²) in [5.74, 6) is -1.52. The number of halogens is 1. The van der Waals surface area contributed by atoms with E-state index in [0.29, 0.717) is 10.7 Å². The standard InChI is InChI=1S/C18H16ClN3O2/c1-12(23)22-17(13-5-7-14(19)8-6-13)10-18(24)15(11-20)16-4-2-3-9-21-16/h2-9,15,17H,10H2,1H3,(H,22,23)/t15-,17-/m0/s1. The van der Waals surface area contributed by atoms with E-state index in [9.17, 15) is 14.9 Å². The van der Waals surface area contributed by atoms with Gasteiger partial charge in [0.15, 0.2) is 5.78 Å². The second-order valence-electron chi connectivity index (χ2n) is 5.29. The molecule has 1 aromatic heterocycles. The van der Waals surface area contributed by atoms with E-state index < -0.39 is 12.0 Å². The molecular formula is C18H16ClN3O2. The van der Waals surface area contributed by atoms with Crippen molar-refractivity contribution in [1.82, 2.24) is 10.3 Å². The molecule has 1 N–H and O–H groups in total. The van der Waals surface area contributed by atoms with Gasteiger partial charge in [-0.2, -0.15) is 5.26 Å². The van der Waals surface area contributed by atoms with Crippen molar-refractivity contribution in [3.63, 3.8) is 0 Å². The summed E-state index contributed by atoms with van der Waals surface area (Å²) in [4.78, 5) is 28.1. The summed E-state index contributed by atoms with van der Waals surface area (Å²) < 4.78 is 0. The molecule has 0 spiro atoms. The van der Waals surface area contributed by atoms with Gasteiger partial charge in [-0.3, -0.25) is 14.6 Å². The molecule has 0 saturated carbocycles. The Kier molecular flexibility index (Phi) is 6.05. The van der Waals surface area contributed by atoms with E-state index in [0.717, 1.165) is 5.56 Å². The molecule has 0 saturated heterocycles. The van der Waals surface area contributed by atoms with Gasteiger partial charge < -0.3 is 5.32 Å². The Morgan fingerprint density at radius 2 is 1.96 bits per heavy atom. The highest BCUT2D eigenvalue weighted by Gasteiger charge is 2.25. The van der Waals surface area contributed by atoms with Gasteiger partial charge in [-0.15, -0.1) is 0 Å². The molecule has 5 nitrogen and oxygen atoms in total. The molecule has 2 atom stereocenters. The maximum absolute atomic E-state index is 12.6. The van der Waals surface area contributed by atoms with Crippen LogP contribution in [0.25, 0.3) is 0 Å². The number of amides is 1. The van der Waals surface area contributed by atoms with E-state index >= 15 is 0 Å². The topological polar surface area (TPSA) is 82.9 Å². The summed E-state index contributed by atoms with van der Waals surface area (Å²) in [7, 11) is 0. The highest BCUT2D eigenvalue weighted by molar-refractivity contribution is 6.30. The summed E-state index contributed by atoms with van der Waals surface area (Å²) in [6, 6.07) is 13.4. The minimum absolute atomic E-state index is 0.00396. The molecule has 1 aromatic carbocycles. The second kappa shape index (κ2) is 8.23. The van der Waals surface area contributed by atoms with E-state index in [1.54, 1.807) is 42.5 Å². The number of benzene rings is 1. The zero-order valence-corrected chi connectivity index (χ0v) is 13.8. The lowest BCUT2D eigenvalue weighted by atomic mass is 9.93. The molecule has 122 valence electrons. The Balaban J connectivity index is 2.22. The fraction of sp³-hybridized carbons (Fsp3) is 0.222. The number of carbonyl (C=O) groups is 2. The minimum atomic E-state index is -0.963. The molecule has 0 unspecified atom stereocenters. The lowest BCUT2D eigenvalue weighted by Gasteiger charge is -2.19. The van der Waals surface area contributed by atoms with E-state index in [2.05, 4.69) is 10.3 Å². The van der Waals surface area contributed by atoms with Crippen LogP contribution in [-0.2, 0) is 9.59 Å². The first kappa shape index (κ1) is 17.6. The number of carbonyl (C=O) groups excluding carboxylic acids is 2. The monoisotopic (exact) mass is 341 g/mol. The van der Waals surface area contributed by atoms with Crippen LogP contribution in [0.2, 0.25) is 5.02 Å². The third-order valence-electron chi connectivity index (χ3n) is 3.49. The number of Topliss-reactive ketones (excluding diaryl/α,β-unsaturated/α-hetero) is 1. The van der Waals surface area contributed by atoms with E-state index in [4.69, 9.17) is 11.6 Å². The summed E-state index contributed by atoms with van der Waals surface area (Å²) >= 11 is 5.88. The third kappa shape index (κ3) is 4.64. The highest BCUT2D eigenvalue weighted by Crippen LogP contribution is 2.24. The zero-order valence-electron chi connectivity index (χ0n) is 13.1. The van der Waals surface area contributed by atoms with Crippen LogP contribution >= 0.6 is 11.6 Å². The summed E-state index contributed by atoms with van der Waals surface area (Å²) in [5.41, 5.74) is 1.16. The Hall–Kier alpha value is -2.71. The predicted molar refractivity (Wildman–Crippen MR) is 90.2 cm³/mol. The lowest BCUT2D eigenvalue weighted by molar-refractivity contribution is -0.121. The zero-order chi connectivity index (χ0) is 17.5. The third-order valence-corrected chi connectivity index (χ3v) is 3.74. The number of rotatable bonds is 6. The fourth-order valence-electron chi connectivity index (χ4n) is 2.36. The van der Waals surface area contributed by atoms with Crippen LogP contribution in [0.4, 0.5) is 0 Å². The van der Waals surface area contributed by atoms with Gasteiger partial charge in [-0.1, -0.05) is 29.8 Å². The van der Waals surface area contributed by atoms with E-state index in [1.165, 1.54) is 13.1 Å². The largest absolute Gasteiger partial charge is 0.349 e. The van der Waals surface area contributed by atoms with Gasteiger partial charge in [0.1, 0.15) is 5.92 Å². The molecule has 1 amide bonds. The first-order chi connectivity index (χ1) is 11.5. The quantitative estimate of drug-likeness (QED) is 0.874. The average Bonchev–Trinajstić information content (AvgIpc) is 2.56. The van der Waals surface area contributed by atoms with Crippen molar-refractivity contribution in [3.05, 3.63) is 64.9 Å². The van der Waals surface area contributed by atoms with Crippen LogP contribution in [0.15, 0.2) is 48.7 Å². The molecule has 0 aliphatic carbocycles. The first-order valence-electron chi connectivity index (χ1n) is 7.37. The molecule has 0 aliphatic heterocycles. The van der Waals surface area contributed by atoms with Gasteiger partial charge in [-0.25, -0.2) is 0 Å². The Labute approximate surface area is 145 Å². The summed E-state index contributed by atoms with van der Waals surface area (Å²) in [6.45, 7) is 1.38. The number of nitriles is 1. The normalized spacial score (nSPS) is 12.7. The number of ketones is 1. The van der Waals surface area contributed by atoms with Gasteiger partial charge in [0.05, 0.1) is 17.8 Å². The van der Waals surface area contributed by atoms with Gasteiger partial charge in [0.25, 0.3) is 0 Å². The minimum Gasteiger partial charge on any atom is -0.349 e. The van der Waals surface area contributed by atoms with Gasteiger partial charge in [-0.05, 0) is 29.8 Å². The number of nitrogens with one attached hydrogen (secondary N) is 1. The van der Waals surface area contributed by atoms with E-state index in [-0.39, 0.29) is 18.1 Å². The Morgan fingerprint density at radius 3 is 2.50 bits per heavy atom. The lowest BCUT2D eigenvalue weighted by Crippen LogP contribution is -2.29. The molecule has 6 heteroatoms. The Morgan fingerprint density at radius 1 is 1.25 bits per heavy atom. The number of aromatic nitrogens is 1. The van der Waals surface area contributed by atoms with Crippen molar-refractivity contribution in [1.29, 1.82) is 5.26 Å². The number of nitrogens with zero attached hydrogens (tertiary/aromatic N) is 2. The van der Waals surface area contributed by atoms with Crippen LogP contribution in [-0.4, -0.2) is 16.7 Å². The summed E-state index contributed by atoms with van der Waals surface area (Å²) in [5, 5.41) is 12.6. The maximum Gasteiger partial charge on any atom is 0.217 e.